The number of aromatic nitrogens is 2. The number of pyridine rings is 1. The van der Waals surface area contributed by atoms with E-state index < -0.39 is 21.7 Å². The molecule has 0 saturated carbocycles. The van der Waals surface area contributed by atoms with E-state index in [0.717, 1.165) is 12.5 Å². The highest BCUT2D eigenvalue weighted by atomic mass is 32.2. The molecular weight excluding hydrogens is 429 g/mol. The van der Waals surface area contributed by atoms with E-state index >= 15 is 0 Å². The molecule has 30 heavy (non-hydrogen) atoms. The third-order valence-corrected chi connectivity index (χ3v) is 5.48. The quantitative estimate of drug-likeness (QED) is 0.620. The molecule has 2 heterocycles. The molecular formula is C19H16FN5O3S2. The van der Waals surface area contributed by atoms with Gasteiger partial charge in [-0.1, -0.05) is 0 Å². The van der Waals surface area contributed by atoms with Gasteiger partial charge in [-0.3, -0.25) is 9.78 Å². The van der Waals surface area contributed by atoms with E-state index in [0.29, 0.717) is 27.0 Å². The van der Waals surface area contributed by atoms with Crippen LogP contribution >= 0.6 is 11.3 Å². The molecule has 0 fully saturated rings. The minimum absolute atomic E-state index is 0.00821. The zero-order valence-corrected chi connectivity index (χ0v) is 17.6. The third kappa shape index (κ3) is 5.16. The van der Waals surface area contributed by atoms with Gasteiger partial charge >= 0.3 is 0 Å². The summed E-state index contributed by atoms with van der Waals surface area (Å²) in [6.07, 6.45) is 1.99. The number of carbonyl (C=O) groups is 1. The highest BCUT2D eigenvalue weighted by Gasteiger charge is 2.22. The first kappa shape index (κ1) is 21.4. The van der Waals surface area contributed by atoms with Crippen molar-refractivity contribution >= 4 is 38.1 Å². The van der Waals surface area contributed by atoms with Crippen molar-refractivity contribution in [2.45, 2.75) is 13.5 Å². The average Bonchev–Trinajstić information content (AvgIpc) is 3.08. The van der Waals surface area contributed by atoms with Gasteiger partial charge in [-0.15, -0.1) is 11.3 Å². The second-order valence-electron chi connectivity index (χ2n) is 6.32. The van der Waals surface area contributed by atoms with Crippen LogP contribution in [-0.2, 0) is 16.6 Å². The largest absolute Gasteiger partial charge is 0.312 e. The Morgan fingerprint density at radius 2 is 1.97 bits per heavy atom. The number of halogens is 1. The van der Waals surface area contributed by atoms with Crippen molar-refractivity contribution in [1.82, 2.24) is 14.7 Å². The zero-order chi connectivity index (χ0) is 21.9. The third-order valence-electron chi connectivity index (χ3n) is 3.93. The molecule has 0 radical (unpaired) electrons. The van der Waals surface area contributed by atoms with Gasteiger partial charge in [0, 0.05) is 10.6 Å². The fourth-order valence-electron chi connectivity index (χ4n) is 2.57. The second-order valence-corrected chi connectivity index (χ2v) is 9.25. The van der Waals surface area contributed by atoms with Gasteiger partial charge in [0.05, 0.1) is 36.3 Å². The number of anilines is 2. The number of sulfonamides is 1. The smallest absolute Gasteiger partial charge is 0.284 e. The van der Waals surface area contributed by atoms with Crippen molar-refractivity contribution in [2.75, 3.05) is 11.2 Å². The molecule has 1 N–H and O–H groups in total. The molecule has 0 bridgehead atoms. The lowest BCUT2D eigenvalue weighted by Crippen LogP contribution is -2.30. The Morgan fingerprint density at radius 1 is 1.27 bits per heavy atom. The molecule has 0 unspecified atom stereocenters. The fourth-order valence-corrected chi connectivity index (χ4v) is 3.93. The van der Waals surface area contributed by atoms with Gasteiger partial charge in [0.25, 0.3) is 5.91 Å². The van der Waals surface area contributed by atoms with Gasteiger partial charge in [-0.25, -0.2) is 22.5 Å². The summed E-state index contributed by atoms with van der Waals surface area (Å²) in [5.74, 6) is -1.29. The summed E-state index contributed by atoms with van der Waals surface area (Å²) in [6.45, 7) is 1.87. The maximum atomic E-state index is 13.2. The Hall–Kier alpha value is -3.36. The van der Waals surface area contributed by atoms with Gasteiger partial charge in [0.1, 0.15) is 11.5 Å². The van der Waals surface area contributed by atoms with Crippen molar-refractivity contribution in [3.8, 4) is 6.07 Å². The van der Waals surface area contributed by atoms with Gasteiger partial charge in [0.2, 0.25) is 10.0 Å². The molecule has 1 amide bonds. The normalized spacial score (nSPS) is 11.0. The first-order valence-corrected chi connectivity index (χ1v) is 11.2. The molecule has 2 aromatic heterocycles. The number of carbonyl (C=O) groups excluding carboxylic acids is 1. The van der Waals surface area contributed by atoms with E-state index in [-0.39, 0.29) is 12.2 Å². The van der Waals surface area contributed by atoms with Crippen molar-refractivity contribution in [3.63, 3.8) is 0 Å². The summed E-state index contributed by atoms with van der Waals surface area (Å²) in [4.78, 5) is 22.9. The monoisotopic (exact) mass is 445 g/mol. The first-order valence-electron chi connectivity index (χ1n) is 8.54. The molecule has 0 aliphatic rings. The van der Waals surface area contributed by atoms with Crippen LogP contribution in [0.3, 0.4) is 0 Å². The predicted molar refractivity (Wildman–Crippen MR) is 110 cm³/mol. The number of nitriles is 1. The molecule has 11 heteroatoms. The maximum absolute atomic E-state index is 13.2. The second kappa shape index (κ2) is 8.56. The van der Waals surface area contributed by atoms with Gasteiger partial charge in [-0.05, 0) is 43.3 Å². The maximum Gasteiger partial charge on any atom is 0.284 e. The number of benzene rings is 1. The number of amides is 1. The molecule has 0 saturated heterocycles. The summed E-state index contributed by atoms with van der Waals surface area (Å²) >= 11 is 1.20. The van der Waals surface area contributed by atoms with Crippen LogP contribution in [-0.4, -0.2) is 30.5 Å². The number of nitrogens with zero attached hydrogens (tertiary/aromatic N) is 4. The SMILES string of the molecule is Cc1sc(N(Cc2ccc(F)cn2)c2ccc(C#N)cc2)nc1C(=O)NS(C)(=O)=O. The number of thiazole rings is 1. The molecule has 0 aliphatic heterocycles. The van der Waals surface area contributed by atoms with Crippen LogP contribution < -0.4 is 9.62 Å². The van der Waals surface area contributed by atoms with E-state index in [1.54, 1.807) is 36.1 Å². The van der Waals surface area contributed by atoms with Gasteiger partial charge in [-0.2, -0.15) is 5.26 Å². The van der Waals surface area contributed by atoms with Crippen LogP contribution in [0.15, 0.2) is 42.6 Å². The lowest BCUT2D eigenvalue weighted by Gasteiger charge is -2.21. The van der Waals surface area contributed by atoms with Crippen molar-refractivity contribution in [2.24, 2.45) is 0 Å². The van der Waals surface area contributed by atoms with Crippen molar-refractivity contribution in [3.05, 3.63) is 70.2 Å². The molecule has 0 spiro atoms. The van der Waals surface area contributed by atoms with E-state index in [1.165, 1.54) is 23.5 Å². The van der Waals surface area contributed by atoms with Crippen LogP contribution in [0, 0.1) is 24.1 Å². The Morgan fingerprint density at radius 3 is 2.53 bits per heavy atom. The van der Waals surface area contributed by atoms with E-state index in [4.69, 9.17) is 5.26 Å². The summed E-state index contributed by atoms with van der Waals surface area (Å²) < 4.78 is 37.9. The Bertz CT molecular complexity index is 1220. The fraction of sp³-hybridized carbons (Fsp3) is 0.158. The molecule has 1 aromatic carbocycles. The van der Waals surface area contributed by atoms with Crippen LogP contribution in [0.4, 0.5) is 15.2 Å². The zero-order valence-electron chi connectivity index (χ0n) is 16.0. The Kier molecular flexibility index (Phi) is 6.09. The average molecular weight is 446 g/mol. The number of hydrogen-bond donors (Lipinski definition) is 1. The summed E-state index contributed by atoms with van der Waals surface area (Å²) in [5.41, 5.74) is 1.69. The van der Waals surface area contributed by atoms with Crippen LogP contribution in [0.2, 0.25) is 0 Å². The lowest BCUT2D eigenvalue weighted by molar-refractivity contribution is 0.0977. The molecule has 0 aliphatic carbocycles. The number of nitrogens with one attached hydrogen (secondary N) is 1. The molecule has 8 nitrogen and oxygen atoms in total. The van der Waals surface area contributed by atoms with Gasteiger partial charge < -0.3 is 4.90 Å². The van der Waals surface area contributed by atoms with Crippen molar-refractivity contribution < 1.29 is 17.6 Å². The highest BCUT2D eigenvalue weighted by Crippen LogP contribution is 2.33. The minimum atomic E-state index is -3.74. The van der Waals surface area contributed by atoms with Gasteiger partial charge in [0.15, 0.2) is 5.13 Å². The summed E-state index contributed by atoms with van der Waals surface area (Å²) in [7, 11) is -3.74. The first-order chi connectivity index (χ1) is 14.2. The number of aryl methyl sites for hydroxylation is 1. The number of hydrogen-bond acceptors (Lipinski definition) is 8. The number of rotatable bonds is 6. The van der Waals surface area contributed by atoms with E-state index in [2.05, 4.69) is 9.97 Å². The summed E-state index contributed by atoms with van der Waals surface area (Å²) in [6, 6.07) is 11.6. The predicted octanol–water partition coefficient (Wildman–Crippen LogP) is 2.89. The molecule has 3 rings (SSSR count). The molecule has 154 valence electrons. The highest BCUT2D eigenvalue weighted by molar-refractivity contribution is 7.89. The lowest BCUT2D eigenvalue weighted by atomic mass is 10.2. The van der Waals surface area contributed by atoms with Crippen LogP contribution in [0.1, 0.15) is 26.6 Å². The molecule has 0 atom stereocenters. The standard InChI is InChI=1S/C19H16FN5O3S2/c1-12-17(18(26)24-30(2,27)28)23-19(29-12)25(11-15-6-5-14(20)10-22-15)16-7-3-13(9-21)4-8-16/h3-8,10H,11H2,1-2H3,(H,24,26). The Balaban J connectivity index is 2.01. The van der Waals surface area contributed by atoms with E-state index in [1.807, 2.05) is 10.8 Å². The minimum Gasteiger partial charge on any atom is -0.312 e. The summed E-state index contributed by atoms with van der Waals surface area (Å²) in [5, 5.41) is 9.44. The Labute approximate surface area is 176 Å². The van der Waals surface area contributed by atoms with Crippen LogP contribution in [0.25, 0.3) is 0 Å². The van der Waals surface area contributed by atoms with E-state index in [9.17, 15) is 17.6 Å². The molecule has 3 aromatic rings. The topological polar surface area (TPSA) is 116 Å². The van der Waals surface area contributed by atoms with Crippen molar-refractivity contribution in [1.29, 1.82) is 5.26 Å². The van der Waals surface area contributed by atoms with Crippen LogP contribution in [0.5, 0.6) is 0 Å².